The van der Waals surface area contributed by atoms with Gasteiger partial charge in [0, 0.05) is 25.8 Å². The maximum Gasteiger partial charge on any atom is 0.305 e. The van der Waals surface area contributed by atoms with Crippen molar-refractivity contribution in [2.45, 2.75) is 109 Å². The summed E-state index contributed by atoms with van der Waals surface area (Å²) < 4.78 is 22.8. The highest BCUT2D eigenvalue weighted by molar-refractivity contribution is 5.87. The van der Waals surface area contributed by atoms with Crippen LogP contribution in [-0.2, 0) is 33.3 Å². The molecule has 9 nitrogen and oxygen atoms in total. The van der Waals surface area contributed by atoms with Gasteiger partial charge in [-0.05, 0) is 45.6 Å². The van der Waals surface area contributed by atoms with E-state index in [9.17, 15) is 14.4 Å². The van der Waals surface area contributed by atoms with Gasteiger partial charge in [-0.15, -0.1) is 0 Å². The summed E-state index contributed by atoms with van der Waals surface area (Å²) >= 11 is 0. The molecule has 3 fully saturated rings. The van der Waals surface area contributed by atoms with E-state index in [0.717, 1.165) is 24.8 Å². The lowest BCUT2D eigenvalue weighted by Crippen LogP contribution is -2.50. The van der Waals surface area contributed by atoms with Crippen molar-refractivity contribution in [3.8, 4) is 0 Å². The number of amides is 1. The summed E-state index contributed by atoms with van der Waals surface area (Å²) in [5.41, 5.74) is 0.870. The van der Waals surface area contributed by atoms with Gasteiger partial charge in [0.25, 0.3) is 0 Å². The molecule has 37 heavy (non-hydrogen) atoms. The van der Waals surface area contributed by atoms with Gasteiger partial charge in [0.2, 0.25) is 5.91 Å². The first kappa shape index (κ1) is 29.1. The number of carbonyl (C=O) groups excluding carboxylic acids is 2. The smallest absolute Gasteiger partial charge is 0.305 e. The van der Waals surface area contributed by atoms with E-state index >= 15 is 0 Å². The van der Waals surface area contributed by atoms with Crippen molar-refractivity contribution in [1.29, 1.82) is 0 Å². The standard InChI is InChI=1S/C28H41NO8/c1-17(6-9-22-14-28(16-34-28)15-23(37-22)13-27(32)33)7-10-25-18(2)12-24(20(4)36-25)29-26(31)11-8-19(3)35-21(5)30/h6-9,11,18-20,22-25H,10,12-16H2,1-5H3,(H,29,31)(H,32,33)/b9-6+,11-8-,17-7+/t18?,19?,20?,22?,23-,24?,25?,28?/m1/s1. The highest BCUT2D eigenvalue weighted by atomic mass is 16.6. The molecule has 0 aromatic heterocycles. The molecule has 206 valence electrons. The van der Waals surface area contributed by atoms with Crippen molar-refractivity contribution in [1.82, 2.24) is 5.32 Å². The second kappa shape index (κ2) is 12.8. The second-order valence-corrected chi connectivity index (χ2v) is 10.7. The molecule has 1 amide bonds. The Hall–Kier alpha value is -2.49. The van der Waals surface area contributed by atoms with Crippen molar-refractivity contribution >= 4 is 17.8 Å². The van der Waals surface area contributed by atoms with Gasteiger partial charge in [-0.3, -0.25) is 14.4 Å². The van der Waals surface area contributed by atoms with Crippen molar-refractivity contribution in [3.63, 3.8) is 0 Å². The van der Waals surface area contributed by atoms with Crippen molar-refractivity contribution in [3.05, 3.63) is 36.0 Å². The van der Waals surface area contributed by atoms with Crippen LogP contribution in [0.4, 0.5) is 0 Å². The molecule has 8 atom stereocenters. The minimum atomic E-state index is -0.857. The third-order valence-corrected chi connectivity index (χ3v) is 7.16. The first-order chi connectivity index (χ1) is 17.4. The predicted molar refractivity (Wildman–Crippen MR) is 137 cm³/mol. The Balaban J connectivity index is 1.46. The molecule has 3 rings (SSSR count). The predicted octanol–water partition coefficient (Wildman–Crippen LogP) is 3.48. The number of aliphatic carboxylic acids is 1. The minimum Gasteiger partial charge on any atom is -0.481 e. The zero-order valence-electron chi connectivity index (χ0n) is 22.5. The summed E-state index contributed by atoms with van der Waals surface area (Å²) in [6.07, 6.45) is 11.0. The molecule has 3 aliphatic rings. The Kier molecular flexibility index (Phi) is 10.1. The van der Waals surface area contributed by atoms with Crippen LogP contribution in [0.25, 0.3) is 0 Å². The molecule has 3 heterocycles. The summed E-state index contributed by atoms with van der Waals surface area (Å²) in [6, 6.07) is -0.100. The van der Waals surface area contributed by atoms with Crippen LogP contribution in [-0.4, -0.2) is 71.7 Å². The lowest BCUT2D eigenvalue weighted by Gasteiger charge is -2.39. The van der Waals surface area contributed by atoms with E-state index in [-0.39, 0.29) is 60.3 Å². The van der Waals surface area contributed by atoms with E-state index in [1.54, 1.807) is 13.0 Å². The number of carbonyl (C=O) groups is 3. The molecule has 0 aromatic carbocycles. The number of carboxylic acids is 1. The maximum atomic E-state index is 12.3. The molecular weight excluding hydrogens is 478 g/mol. The van der Waals surface area contributed by atoms with Crippen LogP contribution in [0.1, 0.15) is 66.7 Å². The monoisotopic (exact) mass is 519 g/mol. The number of hydrogen-bond acceptors (Lipinski definition) is 7. The number of allylic oxidation sites excluding steroid dienone is 2. The zero-order valence-corrected chi connectivity index (χ0v) is 22.5. The summed E-state index contributed by atoms with van der Waals surface area (Å²) in [5.74, 6) is -1.23. The molecule has 9 heteroatoms. The molecule has 3 saturated heterocycles. The van der Waals surface area contributed by atoms with E-state index < -0.39 is 12.1 Å². The number of nitrogens with one attached hydrogen (secondary N) is 1. The Bertz CT molecular complexity index is 921. The van der Waals surface area contributed by atoms with Crippen LogP contribution in [0.15, 0.2) is 36.0 Å². The highest BCUT2D eigenvalue weighted by Crippen LogP contribution is 2.43. The van der Waals surface area contributed by atoms with Crippen LogP contribution in [0.2, 0.25) is 0 Å². The molecule has 0 aromatic rings. The normalized spacial score (nSPS) is 35.0. The van der Waals surface area contributed by atoms with E-state index in [1.165, 1.54) is 13.0 Å². The Morgan fingerprint density at radius 3 is 2.54 bits per heavy atom. The quantitative estimate of drug-likeness (QED) is 0.195. The molecule has 0 bridgehead atoms. The van der Waals surface area contributed by atoms with Gasteiger partial charge >= 0.3 is 11.9 Å². The van der Waals surface area contributed by atoms with Crippen LogP contribution < -0.4 is 5.32 Å². The first-order valence-corrected chi connectivity index (χ1v) is 13.1. The van der Waals surface area contributed by atoms with Gasteiger partial charge in [-0.2, -0.15) is 0 Å². The average molecular weight is 520 g/mol. The van der Waals surface area contributed by atoms with Gasteiger partial charge in [-0.25, -0.2) is 0 Å². The third-order valence-electron chi connectivity index (χ3n) is 7.16. The van der Waals surface area contributed by atoms with Crippen molar-refractivity contribution in [2.75, 3.05) is 6.61 Å². The number of hydrogen-bond donors (Lipinski definition) is 2. The average Bonchev–Trinajstić information content (AvgIpc) is 3.54. The van der Waals surface area contributed by atoms with Crippen LogP contribution in [0, 0.1) is 5.92 Å². The maximum absolute atomic E-state index is 12.3. The fourth-order valence-corrected chi connectivity index (χ4v) is 5.07. The second-order valence-electron chi connectivity index (χ2n) is 10.7. The number of esters is 1. The van der Waals surface area contributed by atoms with Gasteiger partial charge in [0.15, 0.2) is 0 Å². The fourth-order valence-electron chi connectivity index (χ4n) is 5.07. The number of rotatable bonds is 10. The molecule has 7 unspecified atom stereocenters. The highest BCUT2D eigenvalue weighted by Gasteiger charge is 2.51. The number of carboxylic acid groups (broad SMARTS) is 1. The van der Waals surface area contributed by atoms with E-state index in [2.05, 4.69) is 18.3 Å². The Labute approximate surface area is 219 Å². The van der Waals surface area contributed by atoms with E-state index in [0.29, 0.717) is 13.0 Å². The summed E-state index contributed by atoms with van der Waals surface area (Å²) in [4.78, 5) is 34.4. The number of ether oxygens (including phenoxy) is 4. The summed E-state index contributed by atoms with van der Waals surface area (Å²) in [6.45, 7) is 9.83. The summed E-state index contributed by atoms with van der Waals surface area (Å²) in [5, 5.41) is 12.1. The van der Waals surface area contributed by atoms with Crippen molar-refractivity contribution < 1.29 is 38.4 Å². The molecule has 0 radical (unpaired) electrons. The number of epoxide rings is 1. The van der Waals surface area contributed by atoms with Gasteiger partial charge in [0.1, 0.15) is 6.10 Å². The molecule has 2 N–H and O–H groups in total. The first-order valence-electron chi connectivity index (χ1n) is 13.1. The lowest BCUT2D eigenvalue weighted by molar-refractivity contribution is -0.144. The van der Waals surface area contributed by atoms with Gasteiger partial charge in [-0.1, -0.05) is 30.7 Å². The van der Waals surface area contributed by atoms with E-state index in [1.807, 2.05) is 26.0 Å². The molecule has 0 saturated carbocycles. The summed E-state index contributed by atoms with van der Waals surface area (Å²) in [7, 11) is 0. The topological polar surface area (TPSA) is 124 Å². The molecule has 1 spiro atoms. The van der Waals surface area contributed by atoms with E-state index in [4.69, 9.17) is 24.1 Å². The van der Waals surface area contributed by atoms with Gasteiger partial charge < -0.3 is 29.4 Å². The Morgan fingerprint density at radius 2 is 1.89 bits per heavy atom. The van der Waals surface area contributed by atoms with Crippen LogP contribution in [0.3, 0.4) is 0 Å². The largest absolute Gasteiger partial charge is 0.481 e. The van der Waals surface area contributed by atoms with Crippen molar-refractivity contribution in [2.24, 2.45) is 5.92 Å². The minimum absolute atomic E-state index is 0.00942. The fraction of sp³-hybridized carbons (Fsp3) is 0.679. The van der Waals surface area contributed by atoms with Gasteiger partial charge in [0.05, 0.1) is 49.1 Å². The van der Waals surface area contributed by atoms with Crippen LogP contribution >= 0.6 is 0 Å². The third kappa shape index (κ3) is 9.39. The Morgan fingerprint density at radius 1 is 1.16 bits per heavy atom. The SMILES string of the molecule is CC(=O)OC(C)/C=C\C(=O)NC1CC(C)C(C/C=C(C)/C=C/C2CC3(CO3)C[C@@H](CC(=O)O)O2)OC1C. The van der Waals surface area contributed by atoms with Crippen LogP contribution in [0.5, 0.6) is 0 Å². The zero-order chi connectivity index (χ0) is 27.2. The molecular formula is C28H41NO8. The molecule has 0 aliphatic carbocycles. The molecule has 3 aliphatic heterocycles. The lowest BCUT2D eigenvalue weighted by atomic mass is 9.88.